The van der Waals surface area contributed by atoms with Gasteiger partial charge < -0.3 is 14.5 Å². The maximum atomic E-state index is 8.25. The fourth-order valence-electron chi connectivity index (χ4n) is 0.326. The fraction of sp³-hybridized carbons (Fsp3) is 0.200. The van der Waals surface area contributed by atoms with E-state index in [2.05, 4.69) is 4.98 Å². The molecule has 0 bridgehead atoms. The van der Waals surface area contributed by atoms with Crippen molar-refractivity contribution >= 4 is 6.47 Å². The lowest BCUT2D eigenvalue weighted by atomic mass is 10.9. The second-order valence-electron chi connectivity index (χ2n) is 1.32. The first-order valence-corrected chi connectivity index (χ1v) is 2.28. The van der Waals surface area contributed by atoms with Crippen molar-refractivity contribution in [3.05, 3.63) is 18.7 Å². The van der Waals surface area contributed by atoms with Gasteiger partial charge >= 0.3 is 0 Å². The van der Waals surface area contributed by atoms with Gasteiger partial charge in [0.05, 0.1) is 6.33 Å². The minimum atomic E-state index is -0.500. The minimum Gasteiger partial charge on any atom is -0.554 e. The van der Waals surface area contributed by atoms with E-state index in [-0.39, 0.29) is 0 Å². The molecule has 1 aromatic heterocycles. The summed E-state index contributed by atoms with van der Waals surface area (Å²) in [5.41, 5.74) is 0. The number of aryl methyl sites for hydroxylation is 1. The smallest absolute Gasteiger partial charge is 0.0943 e. The monoisotopic (exact) mass is 127 g/mol. The van der Waals surface area contributed by atoms with Crippen molar-refractivity contribution in [3.63, 3.8) is 0 Å². The summed E-state index contributed by atoms with van der Waals surface area (Å²) in [7, 11) is 1.94. The molecule has 0 radical (unpaired) electrons. The van der Waals surface area contributed by atoms with Crippen LogP contribution in [0.4, 0.5) is 0 Å². The van der Waals surface area contributed by atoms with E-state index in [0.717, 1.165) is 0 Å². The van der Waals surface area contributed by atoms with E-state index in [0.29, 0.717) is 0 Å². The molecule has 1 heterocycles. The topological polar surface area (TPSA) is 58.0 Å². The van der Waals surface area contributed by atoms with Crippen LogP contribution < -0.4 is 5.11 Å². The van der Waals surface area contributed by atoms with E-state index >= 15 is 0 Å². The zero-order valence-electron chi connectivity index (χ0n) is 5.02. The molecule has 0 fully saturated rings. The summed E-state index contributed by atoms with van der Waals surface area (Å²) in [6.45, 7) is -0.500. The van der Waals surface area contributed by atoms with Gasteiger partial charge in [0.15, 0.2) is 0 Å². The number of carboxylic acid groups (broad SMARTS) is 1. The Morgan fingerprint density at radius 2 is 2.33 bits per heavy atom. The molecule has 4 nitrogen and oxygen atoms in total. The lowest BCUT2D eigenvalue weighted by molar-refractivity contribution is -0.283. The molecule has 0 N–H and O–H groups in total. The van der Waals surface area contributed by atoms with Gasteiger partial charge in [0.1, 0.15) is 0 Å². The Bertz CT molecular complexity index is 148. The van der Waals surface area contributed by atoms with E-state index in [4.69, 9.17) is 9.90 Å². The second kappa shape index (κ2) is 4.83. The molecular weight excluding hydrogens is 120 g/mol. The van der Waals surface area contributed by atoms with E-state index < -0.39 is 6.47 Å². The Hall–Kier alpha value is -1.32. The quantitative estimate of drug-likeness (QED) is 0.411. The summed E-state index contributed by atoms with van der Waals surface area (Å²) in [6, 6.07) is 0. The molecule has 4 heteroatoms. The standard InChI is InChI=1S/C4H6N2.CH2O2/c1-6-3-2-5-4-6;2-1-3/h2-4H,1H3;1H,(H,2,3)/p-1. The molecular formula is C5H7N2O2-. The van der Waals surface area contributed by atoms with Crippen molar-refractivity contribution in [2.75, 3.05) is 0 Å². The normalized spacial score (nSPS) is 7.22. The number of carbonyl (C=O) groups excluding carboxylic acids is 1. The van der Waals surface area contributed by atoms with Crippen LogP contribution in [0.5, 0.6) is 0 Å². The molecule has 50 valence electrons. The molecule has 0 saturated heterocycles. The lowest BCUT2D eigenvalue weighted by Crippen LogP contribution is -2.01. The third-order valence-electron chi connectivity index (χ3n) is 0.637. The van der Waals surface area contributed by atoms with Crippen LogP contribution in [0.3, 0.4) is 0 Å². The van der Waals surface area contributed by atoms with Crippen molar-refractivity contribution in [2.24, 2.45) is 7.05 Å². The maximum Gasteiger partial charge on any atom is 0.0943 e. The zero-order valence-corrected chi connectivity index (χ0v) is 5.02. The Morgan fingerprint density at radius 3 is 2.44 bits per heavy atom. The second-order valence-corrected chi connectivity index (χ2v) is 1.32. The highest BCUT2D eigenvalue weighted by atomic mass is 16.3. The van der Waals surface area contributed by atoms with Crippen molar-refractivity contribution in [1.29, 1.82) is 0 Å². The Morgan fingerprint density at radius 1 is 1.78 bits per heavy atom. The maximum absolute atomic E-state index is 8.25. The third kappa shape index (κ3) is 4.53. The molecule has 0 saturated carbocycles. The van der Waals surface area contributed by atoms with Crippen molar-refractivity contribution in [1.82, 2.24) is 9.55 Å². The van der Waals surface area contributed by atoms with Gasteiger partial charge in [-0.3, -0.25) is 0 Å². The van der Waals surface area contributed by atoms with Gasteiger partial charge in [0, 0.05) is 25.9 Å². The molecule has 0 spiro atoms. The van der Waals surface area contributed by atoms with E-state index in [1.807, 2.05) is 17.8 Å². The average Bonchev–Trinajstić information content (AvgIpc) is 2.20. The largest absolute Gasteiger partial charge is 0.554 e. The van der Waals surface area contributed by atoms with Crippen molar-refractivity contribution in [3.8, 4) is 0 Å². The summed E-state index contributed by atoms with van der Waals surface area (Å²) in [4.78, 5) is 12.0. The minimum absolute atomic E-state index is 0.500. The highest BCUT2D eigenvalue weighted by Crippen LogP contribution is 1.73. The van der Waals surface area contributed by atoms with Crippen LogP contribution in [0.25, 0.3) is 0 Å². The van der Waals surface area contributed by atoms with Gasteiger partial charge in [-0.15, -0.1) is 0 Å². The summed E-state index contributed by atoms with van der Waals surface area (Å²) >= 11 is 0. The number of carbonyl (C=O) groups is 1. The average molecular weight is 127 g/mol. The third-order valence-corrected chi connectivity index (χ3v) is 0.637. The number of hydrogen-bond donors (Lipinski definition) is 0. The van der Waals surface area contributed by atoms with Crippen LogP contribution in [0.15, 0.2) is 18.7 Å². The molecule has 0 aliphatic rings. The van der Waals surface area contributed by atoms with E-state index in [1.165, 1.54) is 0 Å². The molecule has 1 aromatic rings. The predicted molar refractivity (Wildman–Crippen MR) is 29.3 cm³/mol. The van der Waals surface area contributed by atoms with Crippen LogP contribution in [-0.4, -0.2) is 16.0 Å². The summed E-state index contributed by atoms with van der Waals surface area (Å²) in [6.07, 6.45) is 5.39. The van der Waals surface area contributed by atoms with Gasteiger partial charge in [-0.25, -0.2) is 4.98 Å². The Kier molecular flexibility index (Phi) is 4.12. The molecule has 0 atom stereocenters. The molecule has 0 aliphatic heterocycles. The zero-order chi connectivity index (χ0) is 7.11. The van der Waals surface area contributed by atoms with Gasteiger partial charge in [0.25, 0.3) is 0 Å². The first-order chi connectivity index (χ1) is 4.31. The van der Waals surface area contributed by atoms with Crippen LogP contribution in [0.2, 0.25) is 0 Å². The van der Waals surface area contributed by atoms with Crippen molar-refractivity contribution < 1.29 is 9.90 Å². The summed E-state index contributed by atoms with van der Waals surface area (Å²) < 4.78 is 1.89. The highest BCUT2D eigenvalue weighted by Gasteiger charge is 1.69. The van der Waals surface area contributed by atoms with Gasteiger partial charge in [-0.1, -0.05) is 0 Å². The number of hydrogen-bond acceptors (Lipinski definition) is 3. The number of nitrogens with zero attached hydrogens (tertiary/aromatic N) is 2. The SMILES string of the molecule is Cn1ccnc1.O=C[O-]. The van der Waals surface area contributed by atoms with E-state index in [1.54, 1.807) is 12.5 Å². The number of aromatic nitrogens is 2. The van der Waals surface area contributed by atoms with Gasteiger partial charge in [0.2, 0.25) is 0 Å². The Balaban J connectivity index is 0.000000187. The van der Waals surface area contributed by atoms with Crippen LogP contribution >= 0.6 is 0 Å². The van der Waals surface area contributed by atoms with Crippen LogP contribution in [0.1, 0.15) is 0 Å². The molecule has 0 amide bonds. The number of rotatable bonds is 0. The number of imidazole rings is 1. The molecule has 1 rings (SSSR count). The van der Waals surface area contributed by atoms with Crippen molar-refractivity contribution in [2.45, 2.75) is 0 Å². The Labute approximate surface area is 52.8 Å². The first-order valence-electron chi connectivity index (χ1n) is 2.28. The first kappa shape index (κ1) is 7.68. The molecule has 9 heavy (non-hydrogen) atoms. The summed E-state index contributed by atoms with van der Waals surface area (Å²) in [5, 5.41) is 8.25. The van der Waals surface area contributed by atoms with Gasteiger partial charge in [-0.2, -0.15) is 0 Å². The molecule has 0 aromatic carbocycles. The highest BCUT2D eigenvalue weighted by molar-refractivity contribution is 5.29. The van der Waals surface area contributed by atoms with Crippen LogP contribution in [0, 0.1) is 0 Å². The lowest BCUT2D eigenvalue weighted by Gasteiger charge is -1.76. The van der Waals surface area contributed by atoms with Crippen LogP contribution in [-0.2, 0) is 11.8 Å². The summed E-state index contributed by atoms with van der Waals surface area (Å²) in [5.74, 6) is 0. The van der Waals surface area contributed by atoms with Gasteiger partial charge in [-0.05, 0) is 0 Å². The molecule has 0 aliphatic carbocycles. The molecule has 0 unspecified atom stereocenters. The fourth-order valence-corrected chi connectivity index (χ4v) is 0.326. The predicted octanol–water partition coefficient (Wildman–Crippen LogP) is -1.21. The van der Waals surface area contributed by atoms with E-state index in [9.17, 15) is 0 Å².